The van der Waals surface area contributed by atoms with E-state index >= 15 is 0 Å². The van der Waals surface area contributed by atoms with Gasteiger partial charge in [0.2, 0.25) is 5.91 Å². The van der Waals surface area contributed by atoms with Crippen molar-refractivity contribution in [1.29, 1.82) is 0 Å². The fourth-order valence-electron chi connectivity index (χ4n) is 3.60. The van der Waals surface area contributed by atoms with Crippen molar-refractivity contribution in [2.75, 3.05) is 18.4 Å². The molecule has 26 heavy (non-hydrogen) atoms. The van der Waals surface area contributed by atoms with E-state index in [4.69, 9.17) is 9.26 Å². The highest BCUT2D eigenvalue weighted by Gasteiger charge is 2.57. The topological polar surface area (TPSA) is 89.3 Å². The summed E-state index contributed by atoms with van der Waals surface area (Å²) in [7, 11) is 0. The van der Waals surface area contributed by atoms with E-state index in [1.807, 2.05) is 24.3 Å². The summed E-state index contributed by atoms with van der Waals surface area (Å²) in [6, 6.07) is 7.35. The summed E-state index contributed by atoms with van der Waals surface area (Å²) in [5, 5.41) is 10.1. The first-order valence-electron chi connectivity index (χ1n) is 8.68. The van der Waals surface area contributed by atoms with Crippen LogP contribution in [0.2, 0.25) is 0 Å². The van der Waals surface area contributed by atoms with Crippen molar-refractivity contribution < 1.29 is 14.1 Å². The SMILES string of the molecule is Cc1noc(COc2ccc(NC(=O)C3CC34CCNCC4)cc2)n1.Cl. The Kier molecular flexibility index (Phi) is 5.48. The second-order valence-electron chi connectivity index (χ2n) is 6.91. The molecule has 7 nitrogen and oxygen atoms in total. The van der Waals surface area contributed by atoms with Crippen LogP contribution in [0.4, 0.5) is 5.69 Å². The van der Waals surface area contributed by atoms with Crippen LogP contribution in [0, 0.1) is 18.3 Å². The van der Waals surface area contributed by atoms with Gasteiger partial charge in [-0.2, -0.15) is 4.98 Å². The highest BCUT2D eigenvalue weighted by Crippen LogP contribution is 2.58. The summed E-state index contributed by atoms with van der Waals surface area (Å²) in [6.07, 6.45) is 3.23. The van der Waals surface area contributed by atoms with E-state index in [2.05, 4.69) is 20.8 Å². The molecule has 1 aliphatic heterocycles. The normalized spacial score (nSPS) is 20.3. The second-order valence-corrected chi connectivity index (χ2v) is 6.91. The minimum absolute atomic E-state index is 0. The van der Waals surface area contributed by atoms with Crippen LogP contribution >= 0.6 is 12.4 Å². The number of rotatable bonds is 5. The molecule has 2 heterocycles. The molecule has 2 N–H and O–H groups in total. The Morgan fingerprint density at radius 2 is 2.08 bits per heavy atom. The van der Waals surface area contributed by atoms with Gasteiger partial charge in [-0.05, 0) is 69.0 Å². The van der Waals surface area contributed by atoms with E-state index in [0.717, 1.165) is 38.0 Å². The lowest BCUT2D eigenvalue weighted by Gasteiger charge is -2.23. The van der Waals surface area contributed by atoms with Crippen molar-refractivity contribution in [1.82, 2.24) is 15.5 Å². The molecule has 2 aliphatic rings. The largest absolute Gasteiger partial charge is 0.484 e. The van der Waals surface area contributed by atoms with Gasteiger partial charge < -0.3 is 19.9 Å². The van der Waals surface area contributed by atoms with E-state index in [9.17, 15) is 4.79 Å². The Morgan fingerprint density at radius 1 is 1.35 bits per heavy atom. The maximum atomic E-state index is 12.5. The number of ether oxygens (including phenoxy) is 1. The average molecular weight is 379 g/mol. The number of carbonyl (C=O) groups excluding carboxylic acids is 1. The molecule has 0 radical (unpaired) electrons. The Balaban J connectivity index is 0.00000196. The van der Waals surface area contributed by atoms with Crippen molar-refractivity contribution in [3.8, 4) is 5.75 Å². The number of aryl methyl sites for hydroxylation is 1. The zero-order valence-corrected chi connectivity index (χ0v) is 15.5. The number of carbonyl (C=O) groups is 1. The number of benzene rings is 1. The number of aromatic nitrogens is 2. The zero-order chi connectivity index (χ0) is 17.3. The van der Waals surface area contributed by atoms with Crippen LogP contribution in [0.5, 0.6) is 5.75 Å². The summed E-state index contributed by atoms with van der Waals surface area (Å²) >= 11 is 0. The van der Waals surface area contributed by atoms with Crippen molar-refractivity contribution in [2.45, 2.75) is 32.8 Å². The molecular formula is C18H23ClN4O3. The van der Waals surface area contributed by atoms with Gasteiger partial charge in [0.05, 0.1) is 0 Å². The number of halogens is 1. The lowest BCUT2D eigenvalue weighted by Crippen LogP contribution is -2.31. The Bertz CT molecular complexity index is 756. The third kappa shape index (κ3) is 3.99. The first kappa shape index (κ1) is 18.7. The molecule has 1 aromatic carbocycles. The lowest BCUT2D eigenvalue weighted by molar-refractivity contribution is -0.118. The average Bonchev–Trinajstić information content (AvgIpc) is 3.14. The predicted molar refractivity (Wildman–Crippen MR) is 98.3 cm³/mol. The third-order valence-corrected chi connectivity index (χ3v) is 5.16. The molecule has 4 rings (SSSR count). The molecule has 2 aromatic rings. The number of amides is 1. The molecule has 1 atom stereocenters. The predicted octanol–water partition coefficient (Wildman–Crippen LogP) is 2.71. The maximum Gasteiger partial charge on any atom is 0.264 e. The summed E-state index contributed by atoms with van der Waals surface area (Å²) in [4.78, 5) is 16.5. The number of piperidine rings is 1. The highest BCUT2D eigenvalue weighted by molar-refractivity contribution is 5.95. The summed E-state index contributed by atoms with van der Waals surface area (Å²) in [5.74, 6) is 2.01. The zero-order valence-electron chi connectivity index (χ0n) is 14.7. The van der Waals surface area contributed by atoms with Gasteiger partial charge in [0, 0.05) is 11.6 Å². The number of hydrogen-bond acceptors (Lipinski definition) is 6. The van der Waals surface area contributed by atoms with E-state index in [1.165, 1.54) is 0 Å². The van der Waals surface area contributed by atoms with Gasteiger partial charge >= 0.3 is 0 Å². The van der Waals surface area contributed by atoms with Crippen LogP contribution in [0.3, 0.4) is 0 Å². The number of nitrogens with zero attached hydrogens (tertiary/aromatic N) is 2. The monoisotopic (exact) mass is 378 g/mol. The van der Waals surface area contributed by atoms with Crippen molar-refractivity contribution in [2.24, 2.45) is 11.3 Å². The van der Waals surface area contributed by atoms with Crippen molar-refractivity contribution in [3.05, 3.63) is 36.0 Å². The molecule has 1 unspecified atom stereocenters. The number of anilines is 1. The van der Waals surface area contributed by atoms with E-state index < -0.39 is 0 Å². The molecule has 140 valence electrons. The van der Waals surface area contributed by atoms with Gasteiger partial charge in [-0.15, -0.1) is 12.4 Å². The van der Waals surface area contributed by atoms with Crippen molar-refractivity contribution >= 4 is 24.0 Å². The lowest BCUT2D eigenvalue weighted by atomic mass is 9.92. The van der Waals surface area contributed by atoms with Crippen LogP contribution in [-0.2, 0) is 11.4 Å². The highest BCUT2D eigenvalue weighted by atomic mass is 35.5. The van der Waals surface area contributed by atoms with Gasteiger partial charge in [0.15, 0.2) is 12.4 Å². The van der Waals surface area contributed by atoms with Crippen molar-refractivity contribution in [3.63, 3.8) is 0 Å². The summed E-state index contributed by atoms with van der Waals surface area (Å²) < 4.78 is 10.6. The van der Waals surface area contributed by atoms with E-state index in [-0.39, 0.29) is 36.3 Å². The summed E-state index contributed by atoms with van der Waals surface area (Å²) in [6.45, 7) is 4.04. The minimum Gasteiger partial charge on any atom is -0.484 e. The van der Waals surface area contributed by atoms with E-state index in [0.29, 0.717) is 17.5 Å². The molecule has 1 aliphatic carbocycles. The molecule has 1 saturated heterocycles. The number of hydrogen-bond donors (Lipinski definition) is 2. The van der Waals surface area contributed by atoms with Crippen LogP contribution in [0.15, 0.2) is 28.8 Å². The molecule has 1 aromatic heterocycles. The van der Waals surface area contributed by atoms with Gasteiger partial charge in [-0.25, -0.2) is 0 Å². The molecule has 1 saturated carbocycles. The van der Waals surface area contributed by atoms with Crippen LogP contribution in [0.25, 0.3) is 0 Å². The fourth-order valence-corrected chi connectivity index (χ4v) is 3.60. The molecule has 1 spiro atoms. The first-order chi connectivity index (χ1) is 12.1. The van der Waals surface area contributed by atoms with E-state index in [1.54, 1.807) is 6.92 Å². The van der Waals surface area contributed by atoms with Crippen LogP contribution in [0.1, 0.15) is 31.0 Å². The van der Waals surface area contributed by atoms with Crippen LogP contribution < -0.4 is 15.4 Å². The maximum absolute atomic E-state index is 12.5. The minimum atomic E-state index is 0. The smallest absolute Gasteiger partial charge is 0.264 e. The number of nitrogens with one attached hydrogen (secondary N) is 2. The molecule has 8 heteroatoms. The molecule has 0 bridgehead atoms. The van der Waals surface area contributed by atoms with Crippen LogP contribution in [-0.4, -0.2) is 29.1 Å². The quantitative estimate of drug-likeness (QED) is 0.831. The molecule has 1 amide bonds. The standard InChI is InChI=1S/C18H22N4O3.ClH/c1-12-20-16(25-22-12)11-24-14-4-2-13(3-5-14)21-17(23)15-10-18(15)6-8-19-9-7-18;/h2-5,15,19H,6-11H2,1H3,(H,21,23);1H. The Morgan fingerprint density at radius 3 is 2.73 bits per heavy atom. The second kappa shape index (κ2) is 7.63. The van der Waals surface area contributed by atoms with Gasteiger partial charge in [-0.3, -0.25) is 4.79 Å². The third-order valence-electron chi connectivity index (χ3n) is 5.16. The Labute approximate surface area is 158 Å². The summed E-state index contributed by atoms with van der Waals surface area (Å²) in [5.41, 5.74) is 1.04. The molecular weight excluding hydrogens is 356 g/mol. The van der Waals surface area contributed by atoms with Gasteiger partial charge in [0.1, 0.15) is 5.75 Å². The fraction of sp³-hybridized carbons (Fsp3) is 0.500. The van der Waals surface area contributed by atoms with Gasteiger partial charge in [-0.1, -0.05) is 5.16 Å². The first-order valence-corrected chi connectivity index (χ1v) is 8.68. The van der Waals surface area contributed by atoms with Gasteiger partial charge in [0.25, 0.3) is 5.89 Å². The Hall–Kier alpha value is -2.12. The molecule has 2 fully saturated rings.